The minimum absolute atomic E-state index is 0.0296. The minimum Gasteiger partial charge on any atom is -0.497 e. The Hall–Kier alpha value is -3.29. The molecule has 3 rings (SSSR count). The molecule has 0 aliphatic rings. The summed E-state index contributed by atoms with van der Waals surface area (Å²) in [4.78, 5) is 11.9. The Bertz CT molecular complexity index is 991. The van der Waals surface area contributed by atoms with Crippen molar-refractivity contribution >= 4 is 5.97 Å². The summed E-state index contributed by atoms with van der Waals surface area (Å²) in [5.74, 6) is -0.554. The number of methoxy groups -OCH3 is 1. The summed E-state index contributed by atoms with van der Waals surface area (Å²) in [6.07, 6.45) is -4.09. The van der Waals surface area contributed by atoms with Crippen molar-refractivity contribution in [2.24, 2.45) is 0 Å². The van der Waals surface area contributed by atoms with Gasteiger partial charge in [0.15, 0.2) is 0 Å². The molecule has 0 amide bonds. The number of rotatable bonds is 5. The van der Waals surface area contributed by atoms with E-state index in [1.807, 2.05) is 0 Å². The Morgan fingerprint density at radius 1 is 1.11 bits per heavy atom. The predicted molar refractivity (Wildman–Crippen MR) is 96.9 cm³/mol. The molecule has 0 radical (unpaired) electrons. The molecule has 3 aromatic rings. The number of aromatic nitrogens is 2. The van der Waals surface area contributed by atoms with Crippen molar-refractivity contribution in [1.29, 1.82) is 0 Å². The SMILES string of the molecule is CCc1c(C(=O)O)c(-c2ccc(C(F)(F)F)cc2)nn1-c1ccc(OC)cc1. The van der Waals surface area contributed by atoms with E-state index < -0.39 is 17.7 Å². The number of hydrogen-bond donors (Lipinski definition) is 1. The van der Waals surface area contributed by atoms with Gasteiger partial charge in [0.2, 0.25) is 0 Å². The Morgan fingerprint density at radius 3 is 2.18 bits per heavy atom. The van der Waals surface area contributed by atoms with E-state index >= 15 is 0 Å². The smallest absolute Gasteiger partial charge is 0.416 e. The third-order valence-electron chi connectivity index (χ3n) is 4.33. The molecule has 0 spiro atoms. The summed E-state index contributed by atoms with van der Waals surface area (Å²) in [6, 6.07) is 11.2. The van der Waals surface area contributed by atoms with Crippen LogP contribution in [-0.4, -0.2) is 28.0 Å². The van der Waals surface area contributed by atoms with Crippen LogP contribution in [0.4, 0.5) is 13.2 Å². The second-order valence-electron chi connectivity index (χ2n) is 6.01. The largest absolute Gasteiger partial charge is 0.497 e. The van der Waals surface area contributed by atoms with Gasteiger partial charge in [-0.05, 0) is 42.8 Å². The van der Waals surface area contributed by atoms with Gasteiger partial charge in [-0.25, -0.2) is 9.48 Å². The molecular weight excluding hydrogens is 373 g/mol. The average Bonchev–Trinajstić information content (AvgIpc) is 3.07. The molecule has 1 N–H and O–H groups in total. The lowest BCUT2D eigenvalue weighted by molar-refractivity contribution is -0.137. The summed E-state index contributed by atoms with van der Waals surface area (Å²) in [6.45, 7) is 1.79. The summed E-state index contributed by atoms with van der Waals surface area (Å²) in [5.41, 5.74) is 0.656. The number of benzene rings is 2. The van der Waals surface area contributed by atoms with Crippen LogP contribution < -0.4 is 4.74 Å². The van der Waals surface area contributed by atoms with Gasteiger partial charge in [-0.1, -0.05) is 19.1 Å². The number of alkyl halides is 3. The number of hydrogen-bond acceptors (Lipinski definition) is 3. The third-order valence-corrected chi connectivity index (χ3v) is 4.33. The topological polar surface area (TPSA) is 64.3 Å². The highest BCUT2D eigenvalue weighted by molar-refractivity contribution is 5.96. The highest BCUT2D eigenvalue weighted by Gasteiger charge is 2.31. The Labute approximate surface area is 159 Å². The average molecular weight is 390 g/mol. The Balaban J connectivity index is 2.15. The molecule has 0 atom stereocenters. The third kappa shape index (κ3) is 3.58. The lowest BCUT2D eigenvalue weighted by Gasteiger charge is -2.07. The molecule has 0 saturated carbocycles. The van der Waals surface area contributed by atoms with Gasteiger partial charge in [-0.3, -0.25) is 0 Å². The van der Waals surface area contributed by atoms with Gasteiger partial charge >= 0.3 is 12.1 Å². The van der Waals surface area contributed by atoms with Gasteiger partial charge < -0.3 is 9.84 Å². The van der Waals surface area contributed by atoms with Gasteiger partial charge in [0.05, 0.1) is 24.1 Å². The zero-order valence-corrected chi connectivity index (χ0v) is 15.1. The van der Waals surface area contributed by atoms with Crippen LogP contribution in [0.15, 0.2) is 48.5 Å². The fourth-order valence-corrected chi connectivity index (χ4v) is 2.96. The molecule has 1 aromatic heterocycles. The standard InChI is InChI=1S/C20H17F3N2O3/c1-3-16-17(19(26)27)18(12-4-6-13(7-5-12)20(21,22)23)24-25(16)14-8-10-15(28-2)11-9-14/h4-11H,3H2,1-2H3,(H,26,27). The van der Waals surface area contributed by atoms with Crippen molar-refractivity contribution < 1.29 is 27.8 Å². The van der Waals surface area contributed by atoms with Gasteiger partial charge in [-0.2, -0.15) is 18.3 Å². The predicted octanol–water partition coefficient (Wildman–Crippen LogP) is 4.83. The van der Waals surface area contributed by atoms with Gasteiger partial charge in [0.25, 0.3) is 0 Å². The van der Waals surface area contributed by atoms with E-state index in [0.717, 1.165) is 12.1 Å². The van der Waals surface area contributed by atoms with E-state index in [-0.39, 0.29) is 11.3 Å². The van der Waals surface area contributed by atoms with Gasteiger partial charge in [-0.15, -0.1) is 0 Å². The maximum Gasteiger partial charge on any atom is 0.416 e. The van der Waals surface area contributed by atoms with E-state index in [1.54, 1.807) is 31.2 Å². The van der Waals surface area contributed by atoms with E-state index in [2.05, 4.69) is 5.10 Å². The summed E-state index contributed by atoms with van der Waals surface area (Å²) in [5, 5.41) is 14.1. The zero-order chi connectivity index (χ0) is 20.5. The molecule has 0 aliphatic heterocycles. The molecule has 0 saturated heterocycles. The first-order valence-electron chi connectivity index (χ1n) is 8.43. The van der Waals surface area contributed by atoms with E-state index in [9.17, 15) is 23.1 Å². The summed E-state index contributed by atoms with van der Waals surface area (Å²) < 4.78 is 45.1. The fraction of sp³-hybridized carbons (Fsp3) is 0.200. The molecule has 1 heterocycles. The first-order chi connectivity index (χ1) is 13.3. The highest BCUT2D eigenvalue weighted by Crippen LogP contribution is 2.33. The summed E-state index contributed by atoms with van der Waals surface area (Å²) >= 11 is 0. The molecule has 0 aliphatic carbocycles. The number of carbonyl (C=O) groups is 1. The highest BCUT2D eigenvalue weighted by atomic mass is 19.4. The lowest BCUT2D eigenvalue weighted by Crippen LogP contribution is -2.06. The Morgan fingerprint density at radius 2 is 1.71 bits per heavy atom. The van der Waals surface area contributed by atoms with Crippen molar-refractivity contribution in [2.75, 3.05) is 7.11 Å². The molecule has 5 nitrogen and oxygen atoms in total. The molecule has 0 bridgehead atoms. The maximum atomic E-state index is 12.8. The minimum atomic E-state index is -4.47. The quantitative estimate of drug-likeness (QED) is 0.678. The Kier molecular flexibility index (Phi) is 5.13. The maximum absolute atomic E-state index is 12.8. The fourth-order valence-electron chi connectivity index (χ4n) is 2.96. The summed E-state index contributed by atoms with van der Waals surface area (Å²) in [7, 11) is 1.53. The number of ether oxygens (including phenoxy) is 1. The molecule has 2 aromatic carbocycles. The van der Waals surface area contributed by atoms with Crippen molar-refractivity contribution in [2.45, 2.75) is 19.5 Å². The normalized spacial score (nSPS) is 11.5. The van der Waals surface area contributed by atoms with E-state index in [1.165, 1.54) is 23.9 Å². The molecular formula is C20H17F3N2O3. The lowest BCUT2D eigenvalue weighted by atomic mass is 10.0. The van der Waals surface area contributed by atoms with Crippen LogP contribution >= 0.6 is 0 Å². The van der Waals surface area contributed by atoms with Crippen molar-refractivity contribution in [3.05, 3.63) is 65.4 Å². The van der Waals surface area contributed by atoms with Crippen LogP contribution in [0.5, 0.6) is 5.75 Å². The number of carboxylic acids is 1. The van der Waals surface area contributed by atoms with Crippen LogP contribution in [0.2, 0.25) is 0 Å². The molecule has 0 unspecified atom stereocenters. The van der Waals surface area contributed by atoms with Crippen molar-refractivity contribution in [3.8, 4) is 22.7 Å². The van der Waals surface area contributed by atoms with Crippen molar-refractivity contribution in [1.82, 2.24) is 9.78 Å². The van der Waals surface area contributed by atoms with Gasteiger partial charge in [0.1, 0.15) is 17.0 Å². The van der Waals surface area contributed by atoms with Crippen LogP contribution in [0.25, 0.3) is 16.9 Å². The first-order valence-corrected chi connectivity index (χ1v) is 8.43. The number of aromatic carboxylic acids is 1. The monoisotopic (exact) mass is 390 g/mol. The molecule has 28 heavy (non-hydrogen) atoms. The van der Waals surface area contributed by atoms with Crippen molar-refractivity contribution in [3.63, 3.8) is 0 Å². The molecule has 146 valence electrons. The number of carboxylic acid groups (broad SMARTS) is 1. The molecule has 8 heteroatoms. The van der Waals surface area contributed by atoms with Gasteiger partial charge in [0, 0.05) is 5.56 Å². The second-order valence-corrected chi connectivity index (χ2v) is 6.01. The van der Waals surface area contributed by atoms with Crippen LogP contribution in [0, 0.1) is 0 Å². The van der Waals surface area contributed by atoms with Crippen LogP contribution in [0.3, 0.4) is 0 Å². The zero-order valence-electron chi connectivity index (χ0n) is 15.1. The van der Waals surface area contributed by atoms with E-state index in [0.29, 0.717) is 29.1 Å². The van der Waals surface area contributed by atoms with Crippen LogP contribution in [-0.2, 0) is 12.6 Å². The molecule has 0 fully saturated rings. The number of halogens is 3. The van der Waals surface area contributed by atoms with E-state index in [4.69, 9.17) is 4.74 Å². The number of nitrogens with zero attached hydrogens (tertiary/aromatic N) is 2. The van der Waals surface area contributed by atoms with Crippen LogP contribution in [0.1, 0.15) is 28.5 Å². The first kappa shape index (κ1) is 19.5. The second kappa shape index (κ2) is 7.38.